The van der Waals surface area contributed by atoms with Gasteiger partial charge in [-0.05, 0) is 161 Å². The van der Waals surface area contributed by atoms with Crippen LogP contribution in [0, 0.1) is 0 Å². The quantitative estimate of drug-likeness (QED) is 0.0437. The lowest BCUT2D eigenvalue weighted by molar-refractivity contribution is -0.117. The molecule has 0 unspecified atom stereocenters. The smallest absolute Gasteiger partial charge is 0.244 e. The Morgan fingerprint density at radius 1 is 0.200 bits per heavy atom. The molecule has 4 nitrogen and oxygen atoms in total. The lowest BCUT2D eigenvalue weighted by Gasteiger charge is -2.10. The van der Waals surface area contributed by atoms with Crippen molar-refractivity contribution in [3.8, 4) is 0 Å². The second-order valence-corrected chi connectivity index (χ2v) is 35.3. The zero-order valence-corrected chi connectivity index (χ0v) is 73.2. The molecule has 2 N–H and O–H groups in total. The molecule has 2 amide bonds. The van der Waals surface area contributed by atoms with Crippen LogP contribution >= 0.6 is 34.0 Å². The summed E-state index contributed by atoms with van der Waals surface area (Å²) in [6, 6.07) is 0. The lowest BCUT2D eigenvalue weighted by Crippen LogP contribution is -2.19. The molecule has 3 rings (SSSR count). The third-order valence-electron chi connectivity index (χ3n) is 22.5. The highest BCUT2D eigenvalue weighted by Crippen LogP contribution is 2.41. The molecule has 0 fully saturated rings. The molecule has 3 aromatic heterocycles. The number of nitrogens with one attached hydrogen (secondary N) is 2. The van der Waals surface area contributed by atoms with Crippen LogP contribution in [0.3, 0.4) is 0 Å². The van der Waals surface area contributed by atoms with E-state index in [0.29, 0.717) is 13.1 Å². The topological polar surface area (TPSA) is 58.2 Å². The van der Waals surface area contributed by atoms with Gasteiger partial charge in [-0.15, -0.1) is 34.0 Å². The standard InChI is InChI=1S/C98H170N2O2S3/c1-9-17-23-29-35-41-47-53-59-65-71-85-86(72-66-60-54-48-42-36-30-24-18-10-2)92(78-80-94-88(74-68-62-56-50-44-38-32-26-20-12-4)90(96(105-94)82-84-98(102)100-16-8)76-70-64-58-52-46-40-34-28-22-14-6)103-91(85)77-79-93-87(73-67-61-55-49-43-37-31-25-19-11-3)89(95(104-93)81-83-97(101)99-15-7)75-69-63-57-51-45-39-33-27-21-13-5/h77-84H,9-76H2,1-8H3,(H,99,101)(H,100,102)/b79-77+,80-78+,83-81-,84-82+. The Labute approximate surface area is 665 Å². The number of carbonyl (C=O) groups excluding carboxylic acids is 2. The van der Waals surface area contributed by atoms with E-state index in [1.807, 2.05) is 48.7 Å². The van der Waals surface area contributed by atoms with Gasteiger partial charge < -0.3 is 10.6 Å². The Kier molecular flexibility index (Phi) is 64.3. The van der Waals surface area contributed by atoms with Gasteiger partial charge >= 0.3 is 0 Å². The van der Waals surface area contributed by atoms with Crippen LogP contribution in [0.2, 0.25) is 0 Å². The molecule has 0 radical (unpaired) electrons. The number of thiophene rings is 3. The van der Waals surface area contributed by atoms with Gasteiger partial charge in [-0.1, -0.05) is 388 Å². The first-order valence-electron chi connectivity index (χ1n) is 46.5. The molecule has 0 aliphatic carbocycles. The van der Waals surface area contributed by atoms with Gasteiger partial charge in [0.05, 0.1) is 0 Å². The van der Waals surface area contributed by atoms with Crippen molar-refractivity contribution in [3.05, 3.63) is 74.8 Å². The van der Waals surface area contributed by atoms with Crippen molar-refractivity contribution in [2.24, 2.45) is 0 Å². The fourth-order valence-electron chi connectivity index (χ4n) is 15.9. The fraction of sp³-hybridized carbons (Fsp3) is 0.776. The van der Waals surface area contributed by atoms with E-state index in [-0.39, 0.29) is 11.8 Å². The summed E-state index contributed by atoms with van der Waals surface area (Å²) in [7, 11) is 0. The lowest BCUT2D eigenvalue weighted by atomic mass is 9.94. The van der Waals surface area contributed by atoms with Gasteiger partial charge in [0.25, 0.3) is 0 Å². The molecule has 3 heterocycles. The highest BCUT2D eigenvalue weighted by Gasteiger charge is 2.21. The Morgan fingerprint density at radius 3 is 0.476 bits per heavy atom. The van der Waals surface area contributed by atoms with Crippen molar-refractivity contribution in [1.29, 1.82) is 0 Å². The second-order valence-electron chi connectivity index (χ2n) is 32.1. The molecular weight excluding hydrogens is 1330 g/mol. The molecule has 105 heavy (non-hydrogen) atoms. The molecule has 0 aliphatic heterocycles. The van der Waals surface area contributed by atoms with Crippen molar-refractivity contribution < 1.29 is 9.59 Å². The molecule has 0 aromatic carbocycles. The maximum Gasteiger partial charge on any atom is 0.244 e. The van der Waals surface area contributed by atoms with Crippen LogP contribution in [-0.2, 0) is 48.1 Å². The number of hydrogen-bond acceptors (Lipinski definition) is 5. The number of likely N-dealkylation sites (N-methyl/N-ethyl adjacent to an activating group) is 2. The molecule has 3 aromatic rings. The molecule has 0 saturated carbocycles. The maximum atomic E-state index is 13.3. The summed E-state index contributed by atoms with van der Waals surface area (Å²) in [5.74, 6) is 0.0291. The predicted molar refractivity (Wildman–Crippen MR) is 480 cm³/mol. The summed E-state index contributed by atoms with van der Waals surface area (Å²) >= 11 is 6.02. The van der Waals surface area contributed by atoms with Gasteiger partial charge in [0.1, 0.15) is 0 Å². The summed E-state index contributed by atoms with van der Waals surface area (Å²) in [6.45, 7) is 19.3. The third-order valence-corrected chi connectivity index (χ3v) is 26.1. The highest BCUT2D eigenvalue weighted by molar-refractivity contribution is 7.15. The molecule has 0 aliphatic rings. The van der Waals surface area contributed by atoms with Crippen molar-refractivity contribution in [2.75, 3.05) is 13.1 Å². The van der Waals surface area contributed by atoms with Crippen LogP contribution in [-0.4, -0.2) is 24.9 Å². The molecule has 7 heteroatoms. The van der Waals surface area contributed by atoms with E-state index in [1.54, 1.807) is 22.3 Å². The van der Waals surface area contributed by atoms with E-state index in [9.17, 15) is 9.59 Å². The molecule has 0 atom stereocenters. The Balaban J connectivity index is 2.30. The Hall–Kier alpha value is -3.00. The van der Waals surface area contributed by atoms with Gasteiger partial charge in [-0.3, -0.25) is 9.59 Å². The van der Waals surface area contributed by atoms with E-state index in [0.717, 1.165) is 38.5 Å². The Morgan fingerprint density at radius 2 is 0.333 bits per heavy atom. The van der Waals surface area contributed by atoms with Crippen LogP contribution in [0.25, 0.3) is 36.5 Å². The first kappa shape index (κ1) is 96.2. The number of rotatable bonds is 76. The average Bonchev–Trinajstić information content (AvgIpc) is 1.66. The van der Waals surface area contributed by atoms with Crippen LogP contribution in [0.5, 0.6) is 0 Å². The van der Waals surface area contributed by atoms with E-state index in [4.69, 9.17) is 0 Å². The minimum absolute atomic E-state index is 0.0145. The molecule has 0 spiro atoms. The van der Waals surface area contributed by atoms with Gasteiger partial charge in [-0.25, -0.2) is 0 Å². The van der Waals surface area contributed by atoms with E-state index >= 15 is 0 Å². The largest absolute Gasteiger partial charge is 0.353 e. The summed E-state index contributed by atoms with van der Waals surface area (Å²) < 4.78 is 0. The fourth-order valence-corrected chi connectivity index (χ4v) is 19.5. The zero-order chi connectivity index (χ0) is 75.4. The van der Waals surface area contributed by atoms with Crippen LogP contribution in [0.4, 0.5) is 0 Å². The first-order valence-corrected chi connectivity index (χ1v) is 49.0. The number of unbranched alkanes of at least 4 members (excludes halogenated alkanes) is 54. The normalized spacial score (nSPS) is 12.0. The van der Waals surface area contributed by atoms with Gasteiger partial charge in [0.15, 0.2) is 0 Å². The minimum atomic E-state index is 0.0145. The summed E-state index contributed by atoms with van der Waals surface area (Å²) in [5.41, 5.74) is 9.44. The van der Waals surface area contributed by atoms with Crippen molar-refractivity contribution >= 4 is 82.3 Å². The molecule has 0 saturated heterocycles. The summed E-state index contributed by atoms with van der Waals surface area (Å²) in [6.07, 6.45) is 106. The van der Waals surface area contributed by atoms with Crippen LogP contribution in [0.15, 0.2) is 12.2 Å². The third kappa shape index (κ3) is 48.4. The van der Waals surface area contributed by atoms with Gasteiger partial charge in [-0.2, -0.15) is 0 Å². The summed E-state index contributed by atoms with van der Waals surface area (Å²) in [5, 5.41) is 6.16. The second kappa shape index (κ2) is 70.1. The number of hydrogen-bond donors (Lipinski definition) is 2. The van der Waals surface area contributed by atoms with E-state index in [2.05, 4.69) is 100.0 Å². The SMILES string of the molecule is CCCCCCCCCCCCc1c(/C=C\C(=O)NCC)sc(/C=C/c2sc(/C=C/c3sc(/C=C/C(=O)NCC)c(CCCCCCCCCCCC)c3CCCCCCCCCCCC)c(CCCCCCCCCCCC)c2CCCCCCCCCCCC)c1CCCCCCCCCCCC. The highest BCUT2D eigenvalue weighted by atomic mass is 32.1. The first-order chi connectivity index (χ1) is 51.8. The van der Waals surface area contributed by atoms with Crippen LogP contribution in [0.1, 0.15) is 503 Å². The maximum absolute atomic E-state index is 13.3. The van der Waals surface area contributed by atoms with Crippen molar-refractivity contribution in [3.63, 3.8) is 0 Å². The van der Waals surface area contributed by atoms with Crippen molar-refractivity contribution in [1.82, 2.24) is 10.6 Å². The number of amides is 2. The monoisotopic (exact) mass is 1500 g/mol. The predicted octanol–water partition coefficient (Wildman–Crippen LogP) is 33.3. The zero-order valence-electron chi connectivity index (χ0n) is 70.7. The number of carbonyl (C=O) groups is 2. The molecule has 602 valence electrons. The average molecular weight is 1500 g/mol. The molecule has 0 bridgehead atoms. The minimum Gasteiger partial charge on any atom is -0.353 e. The molecular formula is C98H170N2O2S3. The summed E-state index contributed by atoms with van der Waals surface area (Å²) in [4.78, 5) is 35.0. The van der Waals surface area contributed by atoms with Crippen molar-refractivity contribution in [2.45, 2.75) is 479 Å². The van der Waals surface area contributed by atoms with Gasteiger partial charge in [0.2, 0.25) is 11.8 Å². The van der Waals surface area contributed by atoms with Crippen LogP contribution < -0.4 is 10.6 Å². The van der Waals surface area contributed by atoms with E-state index < -0.39 is 0 Å². The Bertz CT molecular complexity index is 2450. The van der Waals surface area contributed by atoms with Gasteiger partial charge in [0, 0.05) is 54.5 Å². The van der Waals surface area contributed by atoms with E-state index in [1.165, 1.54) is 426 Å².